The van der Waals surface area contributed by atoms with E-state index in [4.69, 9.17) is 4.74 Å². The second-order valence-electron chi connectivity index (χ2n) is 8.25. The van der Waals surface area contributed by atoms with Crippen LogP contribution < -0.4 is 4.74 Å². The summed E-state index contributed by atoms with van der Waals surface area (Å²) in [6.07, 6.45) is 0.962. The summed E-state index contributed by atoms with van der Waals surface area (Å²) in [5.41, 5.74) is 1.27. The maximum Gasteiger partial charge on any atom is 0.225 e. The number of sulfone groups is 1. The molecule has 0 spiro atoms. The van der Waals surface area contributed by atoms with Gasteiger partial charge in [0.05, 0.1) is 18.6 Å². The molecule has 3 saturated heterocycles. The van der Waals surface area contributed by atoms with Crippen LogP contribution in [0.1, 0.15) is 24.4 Å². The molecule has 0 aliphatic carbocycles. The summed E-state index contributed by atoms with van der Waals surface area (Å²) < 4.78 is 28.6. The molecule has 6 nitrogen and oxygen atoms in total. The number of halogens is 1. The van der Waals surface area contributed by atoms with Gasteiger partial charge in [-0.25, -0.2) is 8.42 Å². The largest absolute Gasteiger partial charge is 0.497 e. The van der Waals surface area contributed by atoms with E-state index in [1.807, 2.05) is 17.0 Å². The van der Waals surface area contributed by atoms with Gasteiger partial charge in [-0.2, -0.15) is 0 Å². The number of carbonyl (C=O) groups is 1. The first-order chi connectivity index (χ1) is 12.9. The highest BCUT2D eigenvalue weighted by atomic mass is 35.5. The fraction of sp³-hybridized carbons (Fsp3) is 0.650. The Bertz CT molecular complexity index is 800. The summed E-state index contributed by atoms with van der Waals surface area (Å²) >= 11 is 0. The second-order valence-corrected chi connectivity index (χ2v) is 10.6. The van der Waals surface area contributed by atoms with Crippen LogP contribution in [0.5, 0.6) is 5.75 Å². The van der Waals surface area contributed by atoms with Crippen LogP contribution in [0.3, 0.4) is 0 Å². The number of ether oxygens (including phenoxy) is 1. The smallest absolute Gasteiger partial charge is 0.225 e. The van der Waals surface area contributed by atoms with Crippen molar-refractivity contribution in [1.29, 1.82) is 0 Å². The quantitative estimate of drug-likeness (QED) is 0.736. The van der Waals surface area contributed by atoms with Crippen LogP contribution in [0, 0.1) is 17.8 Å². The lowest BCUT2D eigenvalue weighted by molar-refractivity contribution is -0.135. The van der Waals surface area contributed by atoms with E-state index in [9.17, 15) is 13.2 Å². The Morgan fingerprint density at radius 3 is 2.32 bits per heavy atom. The van der Waals surface area contributed by atoms with Crippen LogP contribution >= 0.6 is 12.4 Å². The molecule has 1 aromatic carbocycles. The van der Waals surface area contributed by atoms with Gasteiger partial charge in [0.1, 0.15) is 15.6 Å². The molecule has 28 heavy (non-hydrogen) atoms. The SMILES string of the molecule is COc1ccc([C@H]2[C@@H]3CN(C(=O)C4CCS(=O)(=O)CC4)C[C@@H]3CN2C)cc1.Cl. The Kier molecular flexibility index (Phi) is 6.27. The van der Waals surface area contributed by atoms with E-state index in [1.165, 1.54) is 5.56 Å². The molecule has 4 rings (SSSR count). The Balaban J connectivity index is 0.00000225. The van der Waals surface area contributed by atoms with E-state index in [1.54, 1.807) is 7.11 Å². The normalized spacial score (nSPS) is 29.9. The summed E-state index contributed by atoms with van der Waals surface area (Å²) in [5, 5.41) is 0. The molecule has 0 N–H and O–H groups in total. The summed E-state index contributed by atoms with van der Waals surface area (Å²) in [6.45, 7) is 2.56. The lowest BCUT2D eigenvalue weighted by Crippen LogP contribution is -2.40. The van der Waals surface area contributed by atoms with Crippen molar-refractivity contribution in [1.82, 2.24) is 9.80 Å². The topological polar surface area (TPSA) is 66.9 Å². The molecule has 3 fully saturated rings. The molecular weight excluding hydrogens is 400 g/mol. The van der Waals surface area contributed by atoms with E-state index in [0.29, 0.717) is 30.7 Å². The van der Waals surface area contributed by atoms with Gasteiger partial charge in [0, 0.05) is 37.5 Å². The van der Waals surface area contributed by atoms with E-state index in [0.717, 1.165) is 25.4 Å². The number of likely N-dealkylation sites (tertiary alicyclic amines) is 2. The van der Waals surface area contributed by atoms with Crippen molar-refractivity contribution < 1.29 is 17.9 Å². The Labute approximate surface area is 173 Å². The third kappa shape index (κ3) is 4.02. The zero-order chi connectivity index (χ0) is 19.2. The van der Waals surface area contributed by atoms with E-state index in [2.05, 4.69) is 24.1 Å². The predicted octanol–water partition coefficient (Wildman–Crippen LogP) is 2.00. The third-order valence-electron chi connectivity index (χ3n) is 6.57. The van der Waals surface area contributed by atoms with Gasteiger partial charge in [0.25, 0.3) is 0 Å². The lowest BCUT2D eigenvalue weighted by Gasteiger charge is -2.29. The zero-order valence-corrected chi connectivity index (χ0v) is 18.0. The molecule has 0 unspecified atom stereocenters. The van der Waals surface area contributed by atoms with Gasteiger partial charge in [0.15, 0.2) is 0 Å². The van der Waals surface area contributed by atoms with Crippen LogP contribution in [-0.2, 0) is 14.6 Å². The van der Waals surface area contributed by atoms with E-state index < -0.39 is 9.84 Å². The van der Waals surface area contributed by atoms with Crippen molar-refractivity contribution in [2.75, 3.05) is 45.3 Å². The van der Waals surface area contributed by atoms with Gasteiger partial charge in [-0.15, -0.1) is 12.4 Å². The molecule has 3 atom stereocenters. The van der Waals surface area contributed by atoms with Gasteiger partial charge in [-0.05, 0) is 43.5 Å². The summed E-state index contributed by atoms with van der Waals surface area (Å²) in [7, 11) is 0.895. The van der Waals surface area contributed by atoms with Gasteiger partial charge < -0.3 is 9.64 Å². The predicted molar refractivity (Wildman–Crippen MR) is 111 cm³/mol. The van der Waals surface area contributed by atoms with Crippen molar-refractivity contribution in [2.45, 2.75) is 18.9 Å². The standard InChI is InChI=1S/C20H28N2O4S.ClH/c1-21-11-16-12-22(20(23)15-7-9-27(24,25)10-8-15)13-18(16)19(21)14-3-5-17(26-2)6-4-14;/h3-6,15-16,18-19H,7-13H2,1-2H3;1H/t16-,18+,19-;/m0./s1. The monoisotopic (exact) mass is 428 g/mol. The summed E-state index contributed by atoms with van der Waals surface area (Å²) in [5.74, 6) is 2.12. The van der Waals surface area contributed by atoms with Crippen molar-refractivity contribution >= 4 is 28.2 Å². The molecule has 156 valence electrons. The summed E-state index contributed by atoms with van der Waals surface area (Å²) in [4.78, 5) is 17.3. The number of benzene rings is 1. The molecule has 0 radical (unpaired) electrons. The average molecular weight is 429 g/mol. The van der Waals surface area contributed by atoms with Crippen LogP contribution in [0.2, 0.25) is 0 Å². The molecule has 0 aromatic heterocycles. The fourth-order valence-corrected chi connectivity index (χ4v) is 6.63. The third-order valence-corrected chi connectivity index (χ3v) is 8.28. The van der Waals surface area contributed by atoms with E-state index >= 15 is 0 Å². The number of hydrogen-bond acceptors (Lipinski definition) is 5. The zero-order valence-electron chi connectivity index (χ0n) is 16.4. The highest BCUT2D eigenvalue weighted by Gasteiger charge is 2.48. The minimum absolute atomic E-state index is 0. The summed E-state index contributed by atoms with van der Waals surface area (Å²) in [6, 6.07) is 8.55. The minimum Gasteiger partial charge on any atom is -0.497 e. The first kappa shape index (κ1) is 21.4. The second kappa shape index (κ2) is 8.20. The van der Waals surface area contributed by atoms with Crippen LogP contribution in [0.25, 0.3) is 0 Å². The first-order valence-corrected chi connectivity index (χ1v) is 11.5. The van der Waals surface area contributed by atoms with E-state index in [-0.39, 0.29) is 35.7 Å². The molecule has 3 heterocycles. The highest BCUT2D eigenvalue weighted by Crippen LogP contribution is 2.44. The molecule has 1 aromatic rings. The number of nitrogens with zero attached hydrogens (tertiary/aromatic N) is 2. The van der Waals surface area contributed by atoms with Gasteiger partial charge >= 0.3 is 0 Å². The molecule has 3 aliphatic heterocycles. The lowest BCUT2D eigenvalue weighted by atomic mass is 9.89. The van der Waals surface area contributed by atoms with Crippen molar-refractivity contribution in [3.05, 3.63) is 29.8 Å². The number of carbonyl (C=O) groups excluding carboxylic acids is 1. The number of methoxy groups -OCH3 is 1. The Hall–Kier alpha value is -1.31. The maximum atomic E-state index is 13.0. The number of hydrogen-bond donors (Lipinski definition) is 0. The van der Waals surface area contributed by atoms with Crippen molar-refractivity contribution in [3.63, 3.8) is 0 Å². The van der Waals surface area contributed by atoms with Gasteiger partial charge in [0.2, 0.25) is 5.91 Å². The fourth-order valence-electron chi connectivity index (χ4n) is 5.14. The molecule has 0 saturated carbocycles. The molecular formula is C20H29ClN2O4S. The Morgan fingerprint density at radius 2 is 1.71 bits per heavy atom. The van der Waals surface area contributed by atoms with Crippen LogP contribution in [0.4, 0.5) is 0 Å². The molecule has 8 heteroatoms. The molecule has 3 aliphatic rings. The molecule has 0 bridgehead atoms. The highest BCUT2D eigenvalue weighted by molar-refractivity contribution is 7.91. The maximum absolute atomic E-state index is 13.0. The molecule has 1 amide bonds. The average Bonchev–Trinajstić information content (AvgIpc) is 3.18. The van der Waals surface area contributed by atoms with Crippen LogP contribution in [0.15, 0.2) is 24.3 Å². The van der Waals surface area contributed by atoms with Crippen LogP contribution in [-0.4, -0.2) is 69.4 Å². The van der Waals surface area contributed by atoms with Gasteiger partial charge in [-0.1, -0.05) is 12.1 Å². The van der Waals surface area contributed by atoms with Crippen molar-refractivity contribution in [2.24, 2.45) is 17.8 Å². The Morgan fingerprint density at radius 1 is 1.07 bits per heavy atom. The number of amides is 1. The first-order valence-electron chi connectivity index (χ1n) is 9.71. The minimum atomic E-state index is -2.93. The number of rotatable bonds is 3. The van der Waals surface area contributed by atoms with Crippen molar-refractivity contribution in [3.8, 4) is 5.75 Å². The number of fused-ring (bicyclic) bond motifs is 1. The van der Waals surface area contributed by atoms with Gasteiger partial charge in [-0.3, -0.25) is 9.69 Å².